The lowest BCUT2D eigenvalue weighted by molar-refractivity contribution is 0.0987. The van der Waals surface area contributed by atoms with Gasteiger partial charge in [0.05, 0.1) is 11.3 Å². The van der Waals surface area contributed by atoms with Crippen LogP contribution in [0.1, 0.15) is 38.9 Å². The summed E-state index contributed by atoms with van der Waals surface area (Å²) < 4.78 is 1.50. The van der Waals surface area contributed by atoms with Crippen molar-refractivity contribution in [2.45, 2.75) is 13.8 Å². The Morgan fingerprint density at radius 3 is 2.42 bits per heavy atom. The summed E-state index contributed by atoms with van der Waals surface area (Å²) in [6.07, 6.45) is 1.57. The monoisotopic (exact) mass is 338 g/mol. The third kappa shape index (κ3) is 3.14. The van der Waals surface area contributed by atoms with Crippen molar-refractivity contribution in [3.63, 3.8) is 0 Å². The fourth-order valence-electron chi connectivity index (χ4n) is 2.41. The quantitative estimate of drug-likeness (QED) is 0.667. The Bertz CT molecular complexity index is 927. The van der Waals surface area contributed by atoms with E-state index in [0.29, 0.717) is 16.3 Å². The first-order valence-electron chi connectivity index (χ1n) is 7.43. The standard InChI is InChI=1S/C19H15ClN2O2/c1-12-6-8-14(9-7-12)19(24)17-11-22(21-18(17)13(2)23)16-5-3-4-15(20)10-16/h3-11H,1-2H3. The molecule has 0 N–H and O–H groups in total. The van der Waals surface area contributed by atoms with Crippen LogP contribution in [0, 0.1) is 6.92 Å². The van der Waals surface area contributed by atoms with Gasteiger partial charge in [-0.05, 0) is 25.1 Å². The van der Waals surface area contributed by atoms with Crippen LogP contribution in [-0.2, 0) is 0 Å². The molecule has 0 atom stereocenters. The molecule has 0 bridgehead atoms. The smallest absolute Gasteiger partial charge is 0.196 e. The highest BCUT2D eigenvalue weighted by Crippen LogP contribution is 2.19. The zero-order chi connectivity index (χ0) is 17.3. The first kappa shape index (κ1) is 16.1. The summed E-state index contributed by atoms with van der Waals surface area (Å²) in [6.45, 7) is 3.35. The van der Waals surface area contributed by atoms with E-state index in [9.17, 15) is 9.59 Å². The lowest BCUT2D eigenvalue weighted by atomic mass is 10.0. The molecule has 2 aromatic carbocycles. The van der Waals surface area contributed by atoms with Crippen LogP contribution in [0.3, 0.4) is 0 Å². The number of carbonyl (C=O) groups excluding carboxylic acids is 2. The van der Waals surface area contributed by atoms with Crippen molar-refractivity contribution in [1.82, 2.24) is 9.78 Å². The molecule has 5 heteroatoms. The summed E-state index contributed by atoms with van der Waals surface area (Å²) in [5.74, 6) is -0.486. The van der Waals surface area contributed by atoms with E-state index in [1.165, 1.54) is 11.6 Å². The van der Waals surface area contributed by atoms with Gasteiger partial charge in [0.25, 0.3) is 0 Å². The summed E-state index contributed by atoms with van der Waals surface area (Å²) in [5.41, 5.74) is 2.71. The van der Waals surface area contributed by atoms with Crippen molar-refractivity contribution < 1.29 is 9.59 Å². The van der Waals surface area contributed by atoms with Gasteiger partial charge in [-0.2, -0.15) is 5.10 Å². The predicted octanol–water partition coefficient (Wildman–Crippen LogP) is 4.27. The lowest BCUT2D eigenvalue weighted by Crippen LogP contribution is -2.06. The van der Waals surface area contributed by atoms with Gasteiger partial charge in [-0.1, -0.05) is 47.5 Å². The Kier molecular flexibility index (Phi) is 4.32. The third-order valence-electron chi connectivity index (χ3n) is 3.68. The number of aromatic nitrogens is 2. The molecule has 1 aromatic heterocycles. The SMILES string of the molecule is CC(=O)c1nn(-c2cccc(Cl)c2)cc1C(=O)c1ccc(C)cc1. The van der Waals surface area contributed by atoms with Crippen LogP contribution in [-0.4, -0.2) is 21.3 Å². The van der Waals surface area contributed by atoms with E-state index in [1.54, 1.807) is 36.5 Å². The van der Waals surface area contributed by atoms with Gasteiger partial charge >= 0.3 is 0 Å². The van der Waals surface area contributed by atoms with Crippen LogP contribution < -0.4 is 0 Å². The fraction of sp³-hybridized carbons (Fsp3) is 0.105. The molecule has 24 heavy (non-hydrogen) atoms. The Morgan fingerprint density at radius 2 is 1.79 bits per heavy atom. The van der Waals surface area contributed by atoms with Crippen LogP contribution in [0.25, 0.3) is 5.69 Å². The van der Waals surface area contributed by atoms with E-state index < -0.39 is 0 Å². The van der Waals surface area contributed by atoms with Crippen molar-refractivity contribution in [2.24, 2.45) is 0 Å². The number of aryl methyl sites for hydroxylation is 1. The van der Waals surface area contributed by atoms with Crippen LogP contribution in [0.15, 0.2) is 54.7 Å². The highest BCUT2D eigenvalue weighted by atomic mass is 35.5. The van der Waals surface area contributed by atoms with E-state index >= 15 is 0 Å². The Labute approximate surface area is 144 Å². The van der Waals surface area contributed by atoms with Crippen molar-refractivity contribution >= 4 is 23.2 Å². The number of Topliss-reactive ketones (excluding diaryl/α,β-unsaturated/α-hetero) is 1. The Balaban J connectivity index is 2.08. The second kappa shape index (κ2) is 6.42. The van der Waals surface area contributed by atoms with Gasteiger partial charge in [-0.25, -0.2) is 4.68 Å². The molecule has 0 saturated heterocycles. The second-order valence-corrected chi connectivity index (χ2v) is 6.00. The van der Waals surface area contributed by atoms with E-state index in [0.717, 1.165) is 5.56 Å². The highest BCUT2D eigenvalue weighted by Gasteiger charge is 2.21. The maximum Gasteiger partial charge on any atom is 0.196 e. The van der Waals surface area contributed by atoms with Crippen LogP contribution in [0.2, 0.25) is 5.02 Å². The average molecular weight is 339 g/mol. The maximum absolute atomic E-state index is 12.8. The van der Waals surface area contributed by atoms with Gasteiger partial charge in [-0.3, -0.25) is 9.59 Å². The molecule has 3 aromatic rings. The molecule has 0 radical (unpaired) electrons. The molecule has 0 unspecified atom stereocenters. The number of nitrogens with zero attached hydrogens (tertiary/aromatic N) is 2. The number of hydrogen-bond donors (Lipinski definition) is 0. The number of benzene rings is 2. The summed E-state index contributed by atoms with van der Waals surface area (Å²) in [5, 5.41) is 4.83. The largest absolute Gasteiger partial charge is 0.293 e. The lowest BCUT2D eigenvalue weighted by Gasteiger charge is -2.01. The molecule has 4 nitrogen and oxygen atoms in total. The van der Waals surface area contributed by atoms with Crippen molar-refractivity contribution in [2.75, 3.05) is 0 Å². The van der Waals surface area contributed by atoms with E-state index in [2.05, 4.69) is 5.10 Å². The normalized spacial score (nSPS) is 10.6. The van der Waals surface area contributed by atoms with Crippen molar-refractivity contribution in [1.29, 1.82) is 0 Å². The zero-order valence-electron chi connectivity index (χ0n) is 13.3. The first-order chi connectivity index (χ1) is 11.5. The summed E-state index contributed by atoms with van der Waals surface area (Å²) in [6, 6.07) is 14.3. The Hall–Kier alpha value is -2.72. The molecule has 0 aliphatic rings. The fourth-order valence-corrected chi connectivity index (χ4v) is 2.60. The number of halogens is 1. The molecule has 0 spiro atoms. The van der Waals surface area contributed by atoms with Gasteiger partial charge in [0.2, 0.25) is 0 Å². The molecule has 0 aliphatic heterocycles. The third-order valence-corrected chi connectivity index (χ3v) is 3.91. The second-order valence-electron chi connectivity index (χ2n) is 5.57. The van der Waals surface area contributed by atoms with Crippen LogP contribution in [0.4, 0.5) is 0 Å². The minimum absolute atomic E-state index is 0.153. The number of carbonyl (C=O) groups is 2. The first-order valence-corrected chi connectivity index (χ1v) is 7.81. The minimum atomic E-state index is -0.258. The number of hydrogen-bond acceptors (Lipinski definition) is 3. The van der Waals surface area contributed by atoms with Gasteiger partial charge in [0, 0.05) is 23.7 Å². The van der Waals surface area contributed by atoms with E-state index in [1.807, 2.05) is 25.1 Å². The van der Waals surface area contributed by atoms with Gasteiger partial charge in [0.1, 0.15) is 5.69 Å². The summed E-state index contributed by atoms with van der Waals surface area (Å²) in [4.78, 5) is 24.7. The molecular weight excluding hydrogens is 324 g/mol. The minimum Gasteiger partial charge on any atom is -0.293 e. The molecule has 120 valence electrons. The van der Waals surface area contributed by atoms with Gasteiger partial charge in [-0.15, -0.1) is 0 Å². The predicted molar refractivity (Wildman–Crippen MR) is 93.2 cm³/mol. The van der Waals surface area contributed by atoms with Crippen LogP contribution in [0.5, 0.6) is 0 Å². The molecule has 0 amide bonds. The summed E-state index contributed by atoms with van der Waals surface area (Å²) >= 11 is 6.00. The molecule has 0 saturated carbocycles. The highest BCUT2D eigenvalue weighted by molar-refractivity contribution is 6.30. The van der Waals surface area contributed by atoms with Crippen molar-refractivity contribution in [3.8, 4) is 5.69 Å². The van der Waals surface area contributed by atoms with E-state index in [-0.39, 0.29) is 22.8 Å². The molecule has 3 rings (SSSR count). The van der Waals surface area contributed by atoms with Crippen molar-refractivity contribution in [3.05, 3.63) is 82.1 Å². The maximum atomic E-state index is 12.8. The number of rotatable bonds is 4. The average Bonchev–Trinajstić information content (AvgIpc) is 3.00. The van der Waals surface area contributed by atoms with E-state index in [4.69, 9.17) is 11.6 Å². The summed E-state index contributed by atoms with van der Waals surface area (Å²) in [7, 11) is 0. The zero-order valence-corrected chi connectivity index (χ0v) is 14.0. The Morgan fingerprint density at radius 1 is 1.08 bits per heavy atom. The molecule has 0 fully saturated rings. The topological polar surface area (TPSA) is 52.0 Å². The molecule has 1 heterocycles. The van der Waals surface area contributed by atoms with Gasteiger partial charge < -0.3 is 0 Å². The van der Waals surface area contributed by atoms with Crippen LogP contribution >= 0.6 is 11.6 Å². The molecular formula is C19H15ClN2O2. The molecule has 0 aliphatic carbocycles. The van der Waals surface area contributed by atoms with Gasteiger partial charge in [0.15, 0.2) is 11.6 Å². The number of ketones is 2.